The van der Waals surface area contributed by atoms with E-state index in [0.717, 1.165) is 87.9 Å². The first kappa shape index (κ1) is 23.0. The third-order valence-electron chi connectivity index (χ3n) is 9.21. The standard InChI is InChI=1S/C27H38N6O2/c1-19(34)31-13-15-32(16-14-31)22-7-5-21(6-8-22)29-26-28-18-20-17-23-24(35)9-12-27(10-3-2-4-11-27)33(23)25(20)30-26/h17-18,21-22H,2-16H2,1H3,(H,28,29,30). The number of hydrogen-bond donors (Lipinski definition) is 1. The van der Waals surface area contributed by atoms with Crippen LogP contribution >= 0.6 is 0 Å². The van der Waals surface area contributed by atoms with Gasteiger partial charge < -0.3 is 14.8 Å². The highest BCUT2D eigenvalue weighted by molar-refractivity contribution is 6.00. The number of aromatic nitrogens is 3. The molecule has 0 unspecified atom stereocenters. The van der Waals surface area contributed by atoms with Crippen LogP contribution in [0.2, 0.25) is 0 Å². The summed E-state index contributed by atoms with van der Waals surface area (Å²) < 4.78 is 2.30. The Morgan fingerprint density at radius 1 is 1.03 bits per heavy atom. The summed E-state index contributed by atoms with van der Waals surface area (Å²) in [6.07, 6.45) is 14.1. The third kappa shape index (κ3) is 4.24. The van der Waals surface area contributed by atoms with Crippen molar-refractivity contribution in [2.45, 2.75) is 95.2 Å². The van der Waals surface area contributed by atoms with Crippen LogP contribution in [0.4, 0.5) is 5.95 Å². The highest BCUT2D eigenvalue weighted by atomic mass is 16.2. The SMILES string of the molecule is CC(=O)N1CCN(C2CCC(Nc3ncc4cc5n(c4n3)C3(CCCCC3)CCC5=O)CC2)CC1. The summed E-state index contributed by atoms with van der Waals surface area (Å²) in [5, 5.41) is 4.61. The Labute approximate surface area is 207 Å². The second-order valence-corrected chi connectivity index (χ2v) is 11.2. The lowest BCUT2D eigenvalue weighted by Gasteiger charge is -2.42. The van der Waals surface area contributed by atoms with Crippen molar-refractivity contribution in [3.05, 3.63) is 18.0 Å². The van der Waals surface area contributed by atoms with E-state index in [1.807, 2.05) is 17.2 Å². The van der Waals surface area contributed by atoms with Crippen LogP contribution < -0.4 is 5.32 Å². The molecule has 2 aromatic rings. The van der Waals surface area contributed by atoms with Gasteiger partial charge in [-0.3, -0.25) is 14.5 Å². The number of piperazine rings is 1. The minimum absolute atomic E-state index is 0.0549. The van der Waals surface area contributed by atoms with Crippen molar-refractivity contribution in [1.29, 1.82) is 0 Å². The van der Waals surface area contributed by atoms with Crippen LogP contribution in [0.15, 0.2) is 12.3 Å². The van der Waals surface area contributed by atoms with Crippen molar-refractivity contribution in [1.82, 2.24) is 24.3 Å². The predicted molar refractivity (Wildman–Crippen MR) is 136 cm³/mol. The third-order valence-corrected chi connectivity index (χ3v) is 9.21. The molecule has 8 nitrogen and oxygen atoms in total. The van der Waals surface area contributed by atoms with Crippen molar-refractivity contribution < 1.29 is 9.59 Å². The maximum Gasteiger partial charge on any atom is 0.224 e. The number of carbonyl (C=O) groups excluding carboxylic acids is 2. The Balaban J connectivity index is 1.15. The van der Waals surface area contributed by atoms with E-state index in [0.29, 0.717) is 24.5 Å². The molecule has 0 atom stereocenters. The molecule has 1 spiro atoms. The monoisotopic (exact) mass is 478 g/mol. The first-order chi connectivity index (χ1) is 17.0. The van der Waals surface area contributed by atoms with Gasteiger partial charge in [0.05, 0.1) is 5.69 Å². The Morgan fingerprint density at radius 3 is 2.49 bits per heavy atom. The zero-order valence-electron chi connectivity index (χ0n) is 21.0. The zero-order chi connectivity index (χ0) is 24.0. The van der Waals surface area contributed by atoms with E-state index in [1.54, 1.807) is 6.92 Å². The van der Waals surface area contributed by atoms with Crippen LogP contribution in [0, 0.1) is 0 Å². The number of nitrogens with one attached hydrogen (secondary N) is 1. The molecule has 3 fully saturated rings. The van der Waals surface area contributed by atoms with Crippen LogP contribution in [0.1, 0.15) is 88.0 Å². The molecule has 2 saturated carbocycles. The number of fused-ring (bicyclic) bond motifs is 4. The molecule has 2 aliphatic carbocycles. The van der Waals surface area contributed by atoms with Crippen molar-refractivity contribution in [3.63, 3.8) is 0 Å². The number of nitrogens with zero attached hydrogens (tertiary/aromatic N) is 5. The maximum atomic E-state index is 12.8. The molecule has 188 valence electrons. The lowest BCUT2D eigenvalue weighted by Crippen LogP contribution is -2.52. The van der Waals surface area contributed by atoms with E-state index >= 15 is 0 Å². The second-order valence-electron chi connectivity index (χ2n) is 11.2. The molecule has 1 saturated heterocycles. The van der Waals surface area contributed by atoms with Gasteiger partial charge in [-0.25, -0.2) is 4.98 Å². The van der Waals surface area contributed by atoms with Crippen molar-refractivity contribution in [2.24, 2.45) is 0 Å². The molecule has 8 heteroatoms. The number of anilines is 1. The van der Waals surface area contributed by atoms with E-state index in [1.165, 1.54) is 19.3 Å². The van der Waals surface area contributed by atoms with E-state index in [4.69, 9.17) is 4.98 Å². The van der Waals surface area contributed by atoms with Crippen LogP contribution in [0.25, 0.3) is 11.0 Å². The minimum Gasteiger partial charge on any atom is -0.351 e. The molecule has 4 aliphatic rings. The molecule has 6 rings (SSSR count). The highest BCUT2D eigenvalue weighted by Crippen LogP contribution is 2.45. The van der Waals surface area contributed by atoms with E-state index < -0.39 is 0 Å². The summed E-state index contributed by atoms with van der Waals surface area (Å²) in [7, 11) is 0. The Morgan fingerprint density at radius 2 is 1.77 bits per heavy atom. The maximum absolute atomic E-state index is 12.8. The predicted octanol–water partition coefficient (Wildman–Crippen LogP) is 3.95. The normalized spacial score (nSPS) is 27.2. The number of ketones is 1. The average Bonchev–Trinajstić information content (AvgIpc) is 3.28. The lowest BCUT2D eigenvalue weighted by molar-refractivity contribution is -0.131. The summed E-state index contributed by atoms with van der Waals surface area (Å²) in [4.78, 5) is 38.6. The van der Waals surface area contributed by atoms with Gasteiger partial charge in [0, 0.05) is 68.7 Å². The largest absolute Gasteiger partial charge is 0.351 e. The molecular weight excluding hydrogens is 440 g/mol. The number of rotatable bonds is 3. The quantitative estimate of drug-likeness (QED) is 0.719. The Kier molecular flexibility index (Phi) is 6.03. The van der Waals surface area contributed by atoms with Gasteiger partial charge in [-0.15, -0.1) is 0 Å². The number of Topliss-reactive ketones (excluding diaryl/α,β-unsaturated/α-hetero) is 1. The molecule has 35 heavy (non-hydrogen) atoms. The van der Waals surface area contributed by atoms with Gasteiger partial charge in [0.2, 0.25) is 11.9 Å². The molecule has 2 aliphatic heterocycles. The van der Waals surface area contributed by atoms with E-state index in [2.05, 4.69) is 19.8 Å². The first-order valence-corrected chi connectivity index (χ1v) is 13.7. The van der Waals surface area contributed by atoms with E-state index in [-0.39, 0.29) is 17.2 Å². The Bertz CT molecular complexity index is 1100. The van der Waals surface area contributed by atoms with Crippen molar-refractivity contribution in [2.75, 3.05) is 31.5 Å². The van der Waals surface area contributed by atoms with Gasteiger partial charge in [-0.05, 0) is 51.0 Å². The van der Waals surface area contributed by atoms with Crippen LogP contribution in [-0.2, 0) is 10.3 Å². The van der Waals surface area contributed by atoms with Gasteiger partial charge in [0.1, 0.15) is 5.65 Å². The fraction of sp³-hybridized carbons (Fsp3) is 0.704. The molecule has 4 heterocycles. The van der Waals surface area contributed by atoms with Gasteiger partial charge in [0.25, 0.3) is 0 Å². The zero-order valence-corrected chi connectivity index (χ0v) is 21.0. The first-order valence-electron chi connectivity index (χ1n) is 13.7. The van der Waals surface area contributed by atoms with Gasteiger partial charge in [-0.1, -0.05) is 19.3 Å². The lowest BCUT2D eigenvalue weighted by atomic mass is 9.75. The molecule has 2 aromatic heterocycles. The van der Waals surface area contributed by atoms with Crippen molar-refractivity contribution in [3.8, 4) is 0 Å². The number of hydrogen-bond acceptors (Lipinski definition) is 6. The van der Waals surface area contributed by atoms with Crippen LogP contribution in [-0.4, -0.2) is 74.3 Å². The van der Waals surface area contributed by atoms with Crippen LogP contribution in [0.3, 0.4) is 0 Å². The van der Waals surface area contributed by atoms with Crippen molar-refractivity contribution >= 4 is 28.7 Å². The molecule has 0 aromatic carbocycles. The van der Waals surface area contributed by atoms with Gasteiger partial charge >= 0.3 is 0 Å². The fourth-order valence-corrected chi connectivity index (χ4v) is 7.18. The molecular formula is C27H38N6O2. The molecule has 1 amide bonds. The Hall–Kier alpha value is -2.48. The second kappa shape index (κ2) is 9.19. The fourth-order valence-electron chi connectivity index (χ4n) is 7.18. The summed E-state index contributed by atoms with van der Waals surface area (Å²) in [5.74, 6) is 1.13. The number of amides is 1. The van der Waals surface area contributed by atoms with Gasteiger partial charge in [-0.2, -0.15) is 4.98 Å². The molecule has 1 N–H and O–H groups in total. The minimum atomic E-state index is 0.0549. The summed E-state index contributed by atoms with van der Waals surface area (Å²) >= 11 is 0. The average molecular weight is 479 g/mol. The van der Waals surface area contributed by atoms with Crippen LogP contribution in [0.5, 0.6) is 0 Å². The van der Waals surface area contributed by atoms with Gasteiger partial charge in [0.15, 0.2) is 5.78 Å². The molecule has 0 bridgehead atoms. The smallest absolute Gasteiger partial charge is 0.224 e. The summed E-state index contributed by atoms with van der Waals surface area (Å²) in [5.41, 5.74) is 1.83. The number of carbonyl (C=O) groups is 2. The summed E-state index contributed by atoms with van der Waals surface area (Å²) in [6.45, 7) is 5.35. The molecule has 0 radical (unpaired) electrons. The highest BCUT2D eigenvalue weighted by Gasteiger charge is 2.41. The topological polar surface area (TPSA) is 83.4 Å². The van der Waals surface area contributed by atoms with E-state index in [9.17, 15) is 9.59 Å². The summed E-state index contributed by atoms with van der Waals surface area (Å²) in [6, 6.07) is 3.01.